The largest absolute Gasteiger partial charge is 0.392 e. The number of halogens is 1. The highest BCUT2D eigenvalue weighted by Crippen LogP contribution is 2.51. The summed E-state index contributed by atoms with van der Waals surface area (Å²) in [6, 6.07) is 5.05. The molecule has 1 saturated heterocycles. The number of benzene rings is 1. The lowest BCUT2D eigenvalue weighted by Crippen LogP contribution is -2.09. The van der Waals surface area contributed by atoms with Crippen LogP contribution in [0.4, 0.5) is 4.39 Å². The molecule has 0 atom stereocenters. The molecule has 1 aliphatic rings. The van der Waals surface area contributed by atoms with Gasteiger partial charge < -0.3 is 5.11 Å². The van der Waals surface area contributed by atoms with E-state index in [9.17, 15) is 4.39 Å². The van der Waals surface area contributed by atoms with Crippen molar-refractivity contribution >= 4 is 23.5 Å². The second-order valence-electron chi connectivity index (χ2n) is 3.61. The molecule has 0 radical (unpaired) electrons. The van der Waals surface area contributed by atoms with E-state index >= 15 is 0 Å². The molecule has 0 amide bonds. The van der Waals surface area contributed by atoms with Crippen molar-refractivity contribution in [1.82, 2.24) is 0 Å². The predicted molar refractivity (Wildman–Crippen MR) is 64.6 cm³/mol. The Kier molecular flexibility index (Phi) is 3.28. The molecular formula is C11H13FOS2. The van der Waals surface area contributed by atoms with Crippen molar-refractivity contribution in [3.8, 4) is 0 Å². The van der Waals surface area contributed by atoms with Crippen LogP contribution < -0.4 is 0 Å². The zero-order chi connectivity index (χ0) is 10.9. The number of hydrogen-bond donors (Lipinski definition) is 1. The molecule has 4 heteroatoms. The molecule has 1 nitrogen and oxygen atoms in total. The third-order valence-corrected chi connectivity index (χ3v) is 5.93. The Morgan fingerprint density at radius 3 is 2.67 bits per heavy atom. The van der Waals surface area contributed by atoms with E-state index in [0.29, 0.717) is 5.56 Å². The molecule has 1 N–H and O–H groups in total. The summed E-state index contributed by atoms with van der Waals surface area (Å²) in [6.07, 6.45) is 0. The maximum Gasteiger partial charge on any atom is 0.128 e. The topological polar surface area (TPSA) is 20.2 Å². The first-order valence-electron chi connectivity index (χ1n) is 4.83. The maximum absolute atomic E-state index is 13.2. The molecule has 0 saturated carbocycles. The van der Waals surface area contributed by atoms with Gasteiger partial charge in [-0.3, -0.25) is 0 Å². The Morgan fingerprint density at radius 1 is 1.40 bits per heavy atom. The molecule has 1 aliphatic heterocycles. The first-order chi connectivity index (χ1) is 7.15. The minimum atomic E-state index is -0.321. The second kappa shape index (κ2) is 4.36. The van der Waals surface area contributed by atoms with Gasteiger partial charge in [0, 0.05) is 17.1 Å². The standard InChI is InChI=1S/C11H13FOS2/c1-11(14-4-5-15-11)9-2-3-10(12)8(6-9)7-13/h2-3,6,13H,4-5,7H2,1H3. The number of thioether (sulfide) groups is 2. The number of aliphatic hydroxyl groups excluding tert-OH is 1. The molecule has 2 rings (SSSR count). The Labute approximate surface area is 97.5 Å². The smallest absolute Gasteiger partial charge is 0.128 e. The molecule has 1 fully saturated rings. The van der Waals surface area contributed by atoms with Crippen LogP contribution in [0.15, 0.2) is 18.2 Å². The van der Waals surface area contributed by atoms with E-state index in [-0.39, 0.29) is 16.5 Å². The van der Waals surface area contributed by atoms with Crippen molar-refractivity contribution in [1.29, 1.82) is 0 Å². The quantitative estimate of drug-likeness (QED) is 0.863. The van der Waals surface area contributed by atoms with Gasteiger partial charge in [0.25, 0.3) is 0 Å². The van der Waals surface area contributed by atoms with Gasteiger partial charge in [-0.2, -0.15) is 0 Å². The zero-order valence-electron chi connectivity index (χ0n) is 8.50. The van der Waals surface area contributed by atoms with Crippen molar-refractivity contribution in [2.75, 3.05) is 11.5 Å². The average Bonchev–Trinajstić information content (AvgIpc) is 2.67. The molecule has 0 aromatic heterocycles. The van der Waals surface area contributed by atoms with Crippen LogP contribution in [-0.2, 0) is 10.7 Å². The zero-order valence-corrected chi connectivity index (χ0v) is 10.1. The normalized spacial score (nSPS) is 19.4. The lowest BCUT2D eigenvalue weighted by Gasteiger charge is -2.22. The number of aliphatic hydroxyl groups is 1. The highest BCUT2D eigenvalue weighted by atomic mass is 32.2. The van der Waals surface area contributed by atoms with Gasteiger partial charge in [-0.25, -0.2) is 4.39 Å². The summed E-state index contributed by atoms with van der Waals surface area (Å²) in [5.74, 6) is 1.94. The van der Waals surface area contributed by atoms with Crippen LogP contribution in [0, 0.1) is 5.82 Å². The molecule has 1 aromatic rings. The lowest BCUT2D eigenvalue weighted by atomic mass is 10.1. The maximum atomic E-state index is 13.2. The van der Waals surface area contributed by atoms with Crippen LogP contribution in [0.25, 0.3) is 0 Å². The summed E-state index contributed by atoms with van der Waals surface area (Å²) in [4.78, 5) is 0. The first kappa shape index (κ1) is 11.3. The van der Waals surface area contributed by atoms with Gasteiger partial charge in [0.15, 0.2) is 0 Å². The monoisotopic (exact) mass is 244 g/mol. The molecule has 0 spiro atoms. The number of hydrogen-bond acceptors (Lipinski definition) is 3. The fraction of sp³-hybridized carbons (Fsp3) is 0.455. The molecule has 0 bridgehead atoms. The van der Waals surface area contributed by atoms with E-state index in [1.54, 1.807) is 6.07 Å². The lowest BCUT2D eigenvalue weighted by molar-refractivity contribution is 0.275. The Balaban J connectivity index is 2.36. The van der Waals surface area contributed by atoms with E-state index in [2.05, 4.69) is 6.92 Å². The van der Waals surface area contributed by atoms with E-state index in [0.717, 1.165) is 17.1 Å². The van der Waals surface area contributed by atoms with Crippen molar-refractivity contribution in [3.63, 3.8) is 0 Å². The molecule has 0 unspecified atom stereocenters. The van der Waals surface area contributed by atoms with E-state index in [1.807, 2.05) is 29.6 Å². The second-order valence-corrected chi connectivity index (χ2v) is 6.89. The Morgan fingerprint density at radius 2 is 2.07 bits per heavy atom. The number of rotatable bonds is 2. The van der Waals surface area contributed by atoms with Gasteiger partial charge in [-0.1, -0.05) is 6.07 Å². The fourth-order valence-electron chi connectivity index (χ4n) is 1.66. The van der Waals surface area contributed by atoms with E-state index in [4.69, 9.17) is 5.11 Å². The molecule has 1 heterocycles. The minimum absolute atomic E-state index is 0.0254. The minimum Gasteiger partial charge on any atom is -0.392 e. The van der Waals surface area contributed by atoms with Gasteiger partial charge >= 0.3 is 0 Å². The first-order valence-corrected chi connectivity index (χ1v) is 6.80. The van der Waals surface area contributed by atoms with Crippen LogP contribution in [0.5, 0.6) is 0 Å². The summed E-state index contributed by atoms with van der Waals surface area (Å²) in [6.45, 7) is 1.93. The van der Waals surface area contributed by atoms with Crippen LogP contribution in [-0.4, -0.2) is 16.6 Å². The van der Waals surface area contributed by atoms with Crippen LogP contribution in [0.2, 0.25) is 0 Å². The Bertz CT molecular complexity index is 362. The SMILES string of the molecule is CC1(c2ccc(F)c(CO)c2)SCCS1. The fourth-order valence-corrected chi connectivity index (χ4v) is 4.53. The summed E-state index contributed by atoms with van der Waals surface area (Å²) in [5, 5.41) is 9.02. The predicted octanol–water partition coefficient (Wildman–Crippen LogP) is 2.97. The van der Waals surface area contributed by atoms with Crippen molar-refractivity contribution in [3.05, 3.63) is 35.1 Å². The summed E-state index contributed by atoms with van der Waals surface area (Å²) >= 11 is 3.76. The highest BCUT2D eigenvalue weighted by molar-refractivity contribution is 8.20. The van der Waals surface area contributed by atoms with E-state index in [1.165, 1.54) is 6.07 Å². The van der Waals surface area contributed by atoms with Gasteiger partial charge in [-0.05, 0) is 24.6 Å². The summed E-state index contributed by atoms with van der Waals surface area (Å²) < 4.78 is 13.2. The van der Waals surface area contributed by atoms with Crippen LogP contribution in [0.1, 0.15) is 18.1 Å². The summed E-state index contributed by atoms with van der Waals surface area (Å²) in [5.41, 5.74) is 1.49. The molecule has 0 aliphatic carbocycles. The summed E-state index contributed by atoms with van der Waals surface area (Å²) in [7, 11) is 0. The van der Waals surface area contributed by atoms with Crippen LogP contribution >= 0.6 is 23.5 Å². The third-order valence-electron chi connectivity index (χ3n) is 2.58. The van der Waals surface area contributed by atoms with Crippen LogP contribution in [0.3, 0.4) is 0 Å². The molecule has 82 valence electrons. The highest BCUT2D eigenvalue weighted by Gasteiger charge is 2.32. The van der Waals surface area contributed by atoms with Crippen molar-refractivity contribution in [2.24, 2.45) is 0 Å². The molecule has 15 heavy (non-hydrogen) atoms. The van der Waals surface area contributed by atoms with Gasteiger partial charge in [0.2, 0.25) is 0 Å². The van der Waals surface area contributed by atoms with E-state index < -0.39 is 0 Å². The molecule has 1 aromatic carbocycles. The Hall–Kier alpha value is -0.190. The molecular weight excluding hydrogens is 231 g/mol. The van der Waals surface area contributed by atoms with Gasteiger partial charge in [-0.15, -0.1) is 23.5 Å². The average molecular weight is 244 g/mol. The van der Waals surface area contributed by atoms with Crippen molar-refractivity contribution < 1.29 is 9.50 Å². The van der Waals surface area contributed by atoms with Gasteiger partial charge in [0.1, 0.15) is 5.82 Å². The third kappa shape index (κ3) is 2.17. The van der Waals surface area contributed by atoms with Crippen molar-refractivity contribution in [2.45, 2.75) is 17.6 Å². The van der Waals surface area contributed by atoms with Gasteiger partial charge in [0.05, 0.1) is 10.7 Å².